The molecule has 1 fully saturated rings. The molecule has 8 nitrogen and oxygen atoms in total. The highest BCUT2D eigenvalue weighted by molar-refractivity contribution is 6.04. The number of rotatable bonds is 4. The van der Waals surface area contributed by atoms with Crippen molar-refractivity contribution >= 4 is 17.3 Å². The van der Waals surface area contributed by atoms with Gasteiger partial charge in [0.15, 0.2) is 5.82 Å². The lowest BCUT2D eigenvalue weighted by Crippen LogP contribution is -2.37. The van der Waals surface area contributed by atoms with Gasteiger partial charge >= 0.3 is 6.18 Å². The summed E-state index contributed by atoms with van der Waals surface area (Å²) in [6.07, 6.45) is 1.66. The zero-order valence-electron chi connectivity index (χ0n) is 15.6. The second-order valence-electron chi connectivity index (χ2n) is 6.53. The molecule has 0 bridgehead atoms. The molecular formula is C19H17F3N6O2. The predicted molar refractivity (Wildman–Crippen MR) is 102 cm³/mol. The van der Waals surface area contributed by atoms with Crippen LogP contribution in [0.1, 0.15) is 15.9 Å². The summed E-state index contributed by atoms with van der Waals surface area (Å²) < 4.78 is 44.9. The average Bonchev–Trinajstić information content (AvgIpc) is 3.22. The number of benzene rings is 1. The van der Waals surface area contributed by atoms with Crippen molar-refractivity contribution in [3.63, 3.8) is 0 Å². The minimum atomic E-state index is -4.45. The van der Waals surface area contributed by atoms with Crippen LogP contribution in [0.25, 0.3) is 5.82 Å². The number of morpholine rings is 1. The summed E-state index contributed by atoms with van der Waals surface area (Å²) >= 11 is 0. The molecular weight excluding hydrogens is 401 g/mol. The highest BCUT2D eigenvalue weighted by atomic mass is 19.4. The monoisotopic (exact) mass is 418 g/mol. The van der Waals surface area contributed by atoms with Crippen LogP contribution in [-0.4, -0.2) is 52.0 Å². The predicted octanol–water partition coefficient (Wildman–Crippen LogP) is 2.77. The molecule has 3 heterocycles. The van der Waals surface area contributed by atoms with Gasteiger partial charge in [-0.2, -0.15) is 18.3 Å². The van der Waals surface area contributed by atoms with E-state index in [9.17, 15) is 18.0 Å². The minimum absolute atomic E-state index is 0.104. The molecule has 30 heavy (non-hydrogen) atoms. The van der Waals surface area contributed by atoms with Crippen molar-refractivity contribution in [2.45, 2.75) is 6.18 Å². The Bertz CT molecular complexity index is 1030. The van der Waals surface area contributed by atoms with Gasteiger partial charge in [-0.3, -0.25) is 4.79 Å². The Hall–Kier alpha value is -3.47. The van der Waals surface area contributed by atoms with E-state index in [1.165, 1.54) is 17.2 Å². The zero-order chi connectivity index (χ0) is 21.1. The molecule has 0 unspecified atom stereocenters. The highest BCUT2D eigenvalue weighted by Gasteiger charge is 2.30. The lowest BCUT2D eigenvalue weighted by Gasteiger charge is -2.29. The second kappa shape index (κ2) is 8.11. The van der Waals surface area contributed by atoms with E-state index in [0.29, 0.717) is 37.8 Å². The number of carbonyl (C=O) groups is 1. The molecule has 1 aromatic carbocycles. The molecule has 1 amide bonds. The van der Waals surface area contributed by atoms with E-state index < -0.39 is 17.6 Å². The number of aromatic nitrogens is 4. The summed E-state index contributed by atoms with van der Waals surface area (Å²) in [7, 11) is 0. The number of hydrogen-bond donors (Lipinski definition) is 1. The van der Waals surface area contributed by atoms with Crippen LogP contribution in [0.2, 0.25) is 0 Å². The first kappa shape index (κ1) is 19.8. The molecule has 1 aliphatic heterocycles. The molecule has 11 heteroatoms. The molecule has 156 valence electrons. The summed E-state index contributed by atoms with van der Waals surface area (Å²) in [5.74, 6) is 0.00120. The Kier molecular flexibility index (Phi) is 5.36. The summed E-state index contributed by atoms with van der Waals surface area (Å²) in [5, 5.41) is 6.87. The Morgan fingerprint density at radius 2 is 1.83 bits per heavy atom. The van der Waals surface area contributed by atoms with Gasteiger partial charge in [0.1, 0.15) is 12.0 Å². The molecule has 0 saturated carbocycles. The lowest BCUT2D eigenvalue weighted by molar-refractivity contribution is -0.137. The van der Waals surface area contributed by atoms with Gasteiger partial charge in [-0.15, -0.1) is 0 Å². The minimum Gasteiger partial charge on any atom is -0.378 e. The molecule has 1 aliphatic rings. The van der Waals surface area contributed by atoms with Crippen LogP contribution in [0.4, 0.5) is 24.5 Å². The van der Waals surface area contributed by atoms with E-state index in [4.69, 9.17) is 4.74 Å². The van der Waals surface area contributed by atoms with Gasteiger partial charge in [-0.25, -0.2) is 14.6 Å². The molecule has 0 spiro atoms. The van der Waals surface area contributed by atoms with E-state index in [1.807, 2.05) is 0 Å². The highest BCUT2D eigenvalue weighted by Crippen LogP contribution is 2.29. The standard InChI is InChI=1S/C19H17F3N6O2/c20-19(21,22)14-3-1-13(2-4-14)18(29)26-15-9-25-28(11-15)17-16(10-23-12-24-17)27-5-7-30-8-6-27/h1-4,9-12H,5-8H2,(H,26,29). The van der Waals surface area contributed by atoms with Crippen LogP contribution in [-0.2, 0) is 10.9 Å². The molecule has 1 N–H and O–H groups in total. The average molecular weight is 418 g/mol. The van der Waals surface area contributed by atoms with Crippen molar-refractivity contribution in [1.82, 2.24) is 19.7 Å². The Balaban J connectivity index is 1.50. The number of nitrogens with zero attached hydrogens (tertiary/aromatic N) is 5. The van der Waals surface area contributed by atoms with Crippen molar-refractivity contribution in [2.75, 3.05) is 36.5 Å². The van der Waals surface area contributed by atoms with E-state index in [1.54, 1.807) is 12.4 Å². The van der Waals surface area contributed by atoms with Gasteiger partial charge in [0.25, 0.3) is 5.91 Å². The fourth-order valence-corrected chi connectivity index (χ4v) is 3.04. The second-order valence-corrected chi connectivity index (χ2v) is 6.53. The van der Waals surface area contributed by atoms with Gasteiger partial charge < -0.3 is 15.0 Å². The SMILES string of the molecule is O=C(Nc1cnn(-c2ncncc2N2CCOCC2)c1)c1ccc(C(F)(F)F)cc1. The Morgan fingerprint density at radius 3 is 2.53 bits per heavy atom. The van der Waals surface area contributed by atoms with E-state index in [2.05, 4.69) is 25.3 Å². The van der Waals surface area contributed by atoms with Gasteiger partial charge in [0, 0.05) is 18.7 Å². The Labute approximate surface area is 169 Å². The lowest BCUT2D eigenvalue weighted by atomic mass is 10.1. The van der Waals surface area contributed by atoms with Crippen LogP contribution < -0.4 is 10.2 Å². The number of amides is 1. The molecule has 0 aliphatic carbocycles. The quantitative estimate of drug-likeness (QED) is 0.702. The molecule has 0 atom stereocenters. The van der Waals surface area contributed by atoms with Crippen LogP contribution in [0, 0.1) is 0 Å². The van der Waals surface area contributed by atoms with Crippen LogP contribution in [0.3, 0.4) is 0 Å². The van der Waals surface area contributed by atoms with Crippen molar-refractivity contribution < 1.29 is 22.7 Å². The first-order valence-electron chi connectivity index (χ1n) is 9.08. The summed E-state index contributed by atoms with van der Waals surface area (Å²) in [4.78, 5) is 22.8. The van der Waals surface area contributed by atoms with Gasteiger partial charge in [-0.1, -0.05) is 0 Å². The normalized spacial score (nSPS) is 14.6. The molecule has 2 aromatic heterocycles. The van der Waals surface area contributed by atoms with E-state index in [0.717, 1.165) is 30.0 Å². The molecule has 0 radical (unpaired) electrons. The largest absolute Gasteiger partial charge is 0.416 e. The summed E-state index contributed by atoms with van der Waals surface area (Å²) in [5.41, 5.74) is 0.453. The maximum Gasteiger partial charge on any atom is 0.416 e. The Morgan fingerprint density at radius 1 is 1.10 bits per heavy atom. The fourth-order valence-electron chi connectivity index (χ4n) is 3.04. The maximum absolute atomic E-state index is 12.7. The maximum atomic E-state index is 12.7. The molecule has 3 aromatic rings. The number of halogens is 3. The third-order valence-electron chi connectivity index (χ3n) is 4.56. The van der Waals surface area contributed by atoms with Crippen LogP contribution >= 0.6 is 0 Å². The van der Waals surface area contributed by atoms with Gasteiger partial charge in [-0.05, 0) is 24.3 Å². The van der Waals surface area contributed by atoms with Crippen molar-refractivity contribution in [3.05, 3.63) is 60.3 Å². The fraction of sp³-hybridized carbons (Fsp3) is 0.263. The number of alkyl halides is 3. The van der Waals surface area contributed by atoms with Crippen LogP contribution in [0.5, 0.6) is 0 Å². The zero-order valence-corrected chi connectivity index (χ0v) is 15.6. The van der Waals surface area contributed by atoms with Crippen molar-refractivity contribution in [2.24, 2.45) is 0 Å². The first-order valence-corrected chi connectivity index (χ1v) is 9.08. The third kappa shape index (κ3) is 4.25. The van der Waals surface area contributed by atoms with Crippen molar-refractivity contribution in [3.8, 4) is 5.82 Å². The van der Waals surface area contributed by atoms with Gasteiger partial charge in [0.05, 0.1) is 43.1 Å². The number of hydrogen-bond acceptors (Lipinski definition) is 6. The molecule has 4 rings (SSSR count). The van der Waals surface area contributed by atoms with Crippen LogP contribution in [0.15, 0.2) is 49.2 Å². The van der Waals surface area contributed by atoms with E-state index >= 15 is 0 Å². The summed E-state index contributed by atoms with van der Waals surface area (Å²) in [6.45, 7) is 2.59. The molecule has 1 saturated heterocycles. The topological polar surface area (TPSA) is 85.2 Å². The van der Waals surface area contributed by atoms with Crippen molar-refractivity contribution in [1.29, 1.82) is 0 Å². The smallest absolute Gasteiger partial charge is 0.378 e. The number of carbonyl (C=O) groups excluding carboxylic acids is 1. The number of ether oxygens (including phenoxy) is 1. The van der Waals surface area contributed by atoms with Gasteiger partial charge in [0.2, 0.25) is 0 Å². The third-order valence-corrected chi connectivity index (χ3v) is 4.56. The number of anilines is 2. The first-order chi connectivity index (χ1) is 14.4. The number of nitrogens with one attached hydrogen (secondary N) is 1. The summed E-state index contributed by atoms with van der Waals surface area (Å²) in [6, 6.07) is 3.99. The van der Waals surface area contributed by atoms with E-state index in [-0.39, 0.29) is 5.56 Å².